The summed E-state index contributed by atoms with van der Waals surface area (Å²) in [6.07, 6.45) is 3.02. The molecule has 0 aliphatic heterocycles. The van der Waals surface area contributed by atoms with Gasteiger partial charge in [0.05, 0.1) is 0 Å². The molecule has 2 aromatic rings. The molecule has 2 rings (SSSR count). The smallest absolute Gasteiger partial charge is 0.222 e. The van der Waals surface area contributed by atoms with Crippen LogP contribution in [0.1, 0.15) is 30.0 Å². The number of rotatable bonds is 6. The second-order valence-electron chi connectivity index (χ2n) is 5.06. The molecule has 0 aliphatic rings. The zero-order chi connectivity index (χ0) is 14.4. The highest BCUT2D eigenvalue weighted by Gasteiger charge is 2.04. The molecule has 1 aromatic heterocycles. The fraction of sp³-hybridized carbons (Fsp3) is 0.353. The standard InChI is InChI=1S/C17H22N2O/c1-4-8-18-11-15-10-14(3)17(19-12-15)20-16-7-5-6-13(2)9-16/h5-7,9-10,12,18H,4,8,11H2,1-3H3. The van der Waals surface area contributed by atoms with Crippen LogP contribution in [-0.2, 0) is 6.54 Å². The predicted molar refractivity (Wildman–Crippen MR) is 82.2 cm³/mol. The SMILES string of the molecule is CCCNCc1cnc(Oc2cccc(C)c2)c(C)c1. The Hall–Kier alpha value is -1.87. The average Bonchev–Trinajstić information content (AvgIpc) is 2.42. The van der Waals surface area contributed by atoms with E-state index in [4.69, 9.17) is 4.74 Å². The molecule has 0 saturated carbocycles. The van der Waals surface area contributed by atoms with Crippen LogP contribution in [-0.4, -0.2) is 11.5 Å². The van der Waals surface area contributed by atoms with Gasteiger partial charge >= 0.3 is 0 Å². The molecular formula is C17H22N2O. The first-order valence-electron chi connectivity index (χ1n) is 7.10. The minimum absolute atomic E-state index is 0.676. The molecule has 0 saturated heterocycles. The number of nitrogens with zero attached hydrogens (tertiary/aromatic N) is 1. The summed E-state index contributed by atoms with van der Waals surface area (Å²) in [5, 5.41) is 3.37. The summed E-state index contributed by atoms with van der Waals surface area (Å²) in [6.45, 7) is 8.12. The Morgan fingerprint density at radius 3 is 2.75 bits per heavy atom. The van der Waals surface area contributed by atoms with Gasteiger partial charge < -0.3 is 10.1 Å². The van der Waals surface area contributed by atoms with Gasteiger partial charge in [-0.2, -0.15) is 0 Å². The topological polar surface area (TPSA) is 34.2 Å². The van der Waals surface area contributed by atoms with Gasteiger partial charge in [0.15, 0.2) is 0 Å². The van der Waals surface area contributed by atoms with Crippen molar-refractivity contribution in [1.29, 1.82) is 0 Å². The van der Waals surface area contributed by atoms with E-state index in [2.05, 4.69) is 36.3 Å². The Kier molecular flexibility index (Phi) is 5.13. The second kappa shape index (κ2) is 7.06. The van der Waals surface area contributed by atoms with E-state index in [9.17, 15) is 0 Å². The fourth-order valence-electron chi connectivity index (χ4n) is 2.02. The van der Waals surface area contributed by atoms with Gasteiger partial charge in [-0.15, -0.1) is 0 Å². The molecule has 0 unspecified atom stereocenters. The van der Waals surface area contributed by atoms with Crippen molar-refractivity contribution in [2.24, 2.45) is 0 Å². The summed E-state index contributed by atoms with van der Waals surface area (Å²) in [5.74, 6) is 1.51. The van der Waals surface area contributed by atoms with E-state index >= 15 is 0 Å². The first-order chi connectivity index (χ1) is 9.69. The summed E-state index contributed by atoms with van der Waals surface area (Å²) >= 11 is 0. The summed E-state index contributed by atoms with van der Waals surface area (Å²) < 4.78 is 5.84. The lowest BCUT2D eigenvalue weighted by atomic mass is 10.2. The van der Waals surface area contributed by atoms with Crippen LogP contribution in [0.2, 0.25) is 0 Å². The van der Waals surface area contributed by atoms with E-state index in [1.54, 1.807) is 0 Å². The highest BCUT2D eigenvalue weighted by molar-refractivity contribution is 5.35. The van der Waals surface area contributed by atoms with Gasteiger partial charge in [0, 0.05) is 18.3 Å². The van der Waals surface area contributed by atoms with E-state index < -0.39 is 0 Å². The van der Waals surface area contributed by atoms with Gasteiger partial charge in [0.1, 0.15) is 5.75 Å². The van der Waals surface area contributed by atoms with Crippen molar-refractivity contribution in [2.45, 2.75) is 33.7 Å². The van der Waals surface area contributed by atoms with Crippen LogP contribution >= 0.6 is 0 Å². The number of nitrogens with one attached hydrogen (secondary N) is 1. The minimum atomic E-state index is 0.676. The number of hydrogen-bond acceptors (Lipinski definition) is 3. The maximum atomic E-state index is 5.84. The first-order valence-corrected chi connectivity index (χ1v) is 7.10. The first kappa shape index (κ1) is 14.5. The van der Waals surface area contributed by atoms with Gasteiger partial charge in [0.25, 0.3) is 0 Å². The monoisotopic (exact) mass is 270 g/mol. The third-order valence-corrected chi connectivity index (χ3v) is 3.05. The van der Waals surface area contributed by atoms with Crippen molar-refractivity contribution < 1.29 is 4.74 Å². The Balaban J connectivity index is 2.06. The van der Waals surface area contributed by atoms with Crippen LogP contribution in [0.15, 0.2) is 36.5 Å². The van der Waals surface area contributed by atoms with Crippen molar-refractivity contribution in [2.75, 3.05) is 6.54 Å². The van der Waals surface area contributed by atoms with Crippen molar-refractivity contribution in [1.82, 2.24) is 10.3 Å². The third kappa shape index (κ3) is 4.07. The number of benzene rings is 1. The summed E-state index contributed by atoms with van der Waals surface area (Å²) in [7, 11) is 0. The van der Waals surface area contributed by atoms with Crippen molar-refractivity contribution in [3.63, 3.8) is 0 Å². The molecule has 0 radical (unpaired) electrons. The van der Waals surface area contributed by atoms with Crippen LogP contribution in [0.25, 0.3) is 0 Å². The van der Waals surface area contributed by atoms with E-state index in [0.29, 0.717) is 5.88 Å². The van der Waals surface area contributed by atoms with E-state index in [1.165, 1.54) is 11.1 Å². The molecule has 3 nitrogen and oxygen atoms in total. The maximum absolute atomic E-state index is 5.84. The van der Waals surface area contributed by atoms with Crippen LogP contribution in [0, 0.1) is 13.8 Å². The Morgan fingerprint density at radius 1 is 1.20 bits per heavy atom. The fourth-order valence-corrected chi connectivity index (χ4v) is 2.02. The minimum Gasteiger partial charge on any atom is -0.439 e. The van der Waals surface area contributed by atoms with Crippen molar-refractivity contribution >= 4 is 0 Å². The molecule has 1 heterocycles. The van der Waals surface area contributed by atoms with Crippen LogP contribution < -0.4 is 10.1 Å². The third-order valence-electron chi connectivity index (χ3n) is 3.05. The Bertz CT molecular complexity index is 567. The van der Waals surface area contributed by atoms with Gasteiger partial charge in [-0.25, -0.2) is 4.98 Å². The number of ether oxygens (including phenoxy) is 1. The van der Waals surface area contributed by atoms with Crippen LogP contribution in [0.4, 0.5) is 0 Å². The summed E-state index contributed by atoms with van der Waals surface area (Å²) in [6, 6.07) is 10.1. The summed E-state index contributed by atoms with van der Waals surface area (Å²) in [4.78, 5) is 4.42. The van der Waals surface area contributed by atoms with E-state index in [0.717, 1.165) is 30.8 Å². The summed E-state index contributed by atoms with van der Waals surface area (Å²) in [5.41, 5.74) is 3.43. The predicted octanol–water partition coefficient (Wildman–Crippen LogP) is 3.99. The normalized spacial score (nSPS) is 10.6. The molecule has 1 N–H and O–H groups in total. The van der Waals surface area contributed by atoms with Gasteiger partial charge in [-0.1, -0.05) is 19.1 Å². The molecular weight excluding hydrogens is 248 g/mol. The molecule has 3 heteroatoms. The lowest BCUT2D eigenvalue weighted by molar-refractivity contribution is 0.458. The Morgan fingerprint density at radius 2 is 2.05 bits per heavy atom. The molecule has 0 spiro atoms. The molecule has 0 fully saturated rings. The molecule has 0 atom stereocenters. The molecule has 20 heavy (non-hydrogen) atoms. The van der Waals surface area contributed by atoms with Gasteiger partial charge in [-0.3, -0.25) is 0 Å². The largest absolute Gasteiger partial charge is 0.439 e. The van der Waals surface area contributed by atoms with E-state index in [-0.39, 0.29) is 0 Å². The zero-order valence-corrected chi connectivity index (χ0v) is 12.4. The van der Waals surface area contributed by atoms with Crippen molar-refractivity contribution in [3.05, 3.63) is 53.2 Å². The quantitative estimate of drug-likeness (QED) is 0.806. The van der Waals surface area contributed by atoms with Crippen molar-refractivity contribution in [3.8, 4) is 11.6 Å². The second-order valence-corrected chi connectivity index (χ2v) is 5.06. The van der Waals surface area contributed by atoms with Crippen LogP contribution in [0.3, 0.4) is 0 Å². The number of aromatic nitrogens is 1. The molecule has 106 valence electrons. The van der Waals surface area contributed by atoms with Gasteiger partial charge in [-0.05, 0) is 56.1 Å². The lowest BCUT2D eigenvalue weighted by Gasteiger charge is -2.10. The molecule has 0 bridgehead atoms. The molecule has 0 aliphatic carbocycles. The molecule has 1 aromatic carbocycles. The van der Waals surface area contributed by atoms with Gasteiger partial charge in [0.2, 0.25) is 5.88 Å². The number of aryl methyl sites for hydroxylation is 2. The Labute approximate surface area is 121 Å². The van der Waals surface area contributed by atoms with Crippen LogP contribution in [0.5, 0.6) is 11.6 Å². The van der Waals surface area contributed by atoms with E-state index in [1.807, 2.05) is 31.3 Å². The lowest BCUT2D eigenvalue weighted by Crippen LogP contribution is -2.14. The number of hydrogen-bond donors (Lipinski definition) is 1. The highest BCUT2D eigenvalue weighted by Crippen LogP contribution is 2.23. The molecule has 0 amide bonds. The average molecular weight is 270 g/mol. The highest BCUT2D eigenvalue weighted by atomic mass is 16.5. The zero-order valence-electron chi connectivity index (χ0n) is 12.4. The number of pyridine rings is 1. The maximum Gasteiger partial charge on any atom is 0.222 e.